The van der Waals surface area contributed by atoms with E-state index in [9.17, 15) is 24.0 Å². The number of nitrogens with one attached hydrogen (secondary N) is 2. The van der Waals surface area contributed by atoms with Gasteiger partial charge in [-0.3, -0.25) is 24.6 Å². The number of carbonyl (C=O) groups excluding carboxylic acids is 5. The van der Waals surface area contributed by atoms with Crippen LogP contribution in [0.4, 0.5) is 4.79 Å². The number of esters is 1. The van der Waals surface area contributed by atoms with Crippen molar-refractivity contribution in [1.82, 2.24) is 15.5 Å². The Labute approximate surface area is 156 Å². The zero-order valence-electron chi connectivity index (χ0n) is 15.3. The summed E-state index contributed by atoms with van der Waals surface area (Å²) < 4.78 is 4.83. The lowest BCUT2D eigenvalue weighted by Gasteiger charge is -2.20. The first kappa shape index (κ1) is 20.1. The van der Waals surface area contributed by atoms with Crippen LogP contribution in [0.15, 0.2) is 24.3 Å². The van der Waals surface area contributed by atoms with Crippen molar-refractivity contribution in [2.45, 2.75) is 39.3 Å². The minimum atomic E-state index is -1.21. The van der Waals surface area contributed by atoms with E-state index in [0.29, 0.717) is 6.42 Å². The average Bonchev–Trinajstić information content (AvgIpc) is 2.90. The van der Waals surface area contributed by atoms with Gasteiger partial charge in [-0.25, -0.2) is 9.59 Å². The number of rotatable bonds is 6. The van der Waals surface area contributed by atoms with Gasteiger partial charge in [-0.2, -0.15) is 0 Å². The molecule has 2 rings (SSSR count). The van der Waals surface area contributed by atoms with E-state index in [2.05, 4.69) is 5.32 Å². The quantitative estimate of drug-likeness (QED) is 0.561. The minimum Gasteiger partial charge on any atom is -0.454 e. The van der Waals surface area contributed by atoms with Crippen molar-refractivity contribution in [2.24, 2.45) is 0 Å². The van der Waals surface area contributed by atoms with Gasteiger partial charge < -0.3 is 10.1 Å². The third-order valence-electron chi connectivity index (χ3n) is 4.14. The van der Waals surface area contributed by atoms with Crippen LogP contribution in [0.2, 0.25) is 0 Å². The number of imide groups is 2. The Morgan fingerprint density at radius 2 is 1.63 bits per heavy atom. The van der Waals surface area contributed by atoms with Gasteiger partial charge in [-0.15, -0.1) is 0 Å². The Bertz CT molecular complexity index is 756. The lowest BCUT2D eigenvalue weighted by molar-refractivity contribution is -0.151. The second kappa shape index (κ2) is 8.43. The second-order valence-corrected chi connectivity index (χ2v) is 6.14. The van der Waals surface area contributed by atoms with Gasteiger partial charge in [0, 0.05) is 6.04 Å². The highest BCUT2D eigenvalue weighted by atomic mass is 16.5. The number of benzene rings is 1. The maximum atomic E-state index is 12.3. The van der Waals surface area contributed by atoms with Crippen molar-refractivity contribution >= 4 is 29.7 Å². The van der Waals surface area contributed by atoms with Gasteiger partial charge in [-0.1, -0.05) is 19.1 Å². The van der Waals surface area contributed by atoms with E-state index >= 15 is 0 Å². The molecule has 2 N–H and O–H groups in total. The lowest BCUT2D eigenvalue weighted by atomic mass is 10.1. The molecule has 0 saturated heterocycles. The summed E-state index contributed by atoms with van der Waals surface area (Å²) >= 11 is 0. The number of carbonyl (C=O) groups is 5. The molecule has 9 heteroatoms. The molecule has 144 valence electrons. The van der Waals surface area contributed by atoms with Crippen molar-refractivity contribution in [2.75, 3.05) is 6.61 Å². The van der Waals surface area contributed by atoms with E-state index in [1.54, 1.807) is 19.1 Å². The highest BCUT2D eigenvalue weighted by Gasteiger charge is 2.41. The number of hydrogen-bond donors (Lipinski definition) is 2. The molecule has 0 radical (unpaired) electrons. The lowest BCUT2D eigenvalue weighted by Crippen LogP contribution is -2.46. The summed E-state index contributed by atoms with van der Waals surface area (Å²) in [6.07, 6.45) is 0.689. The molecule has 1 aliphatic heterocycles. The topological polar surface area (TPSA) is 122 Å². The highest BCUT2D eigenvalue weighted by molar-refractivity contribution is 6.22. The molecule has 0 aromatic heterocycles. The predicted octanol–water partition coefficient (Wildman–Crippen LogP) is 0.839. The third-order valence-corrected chi connectivity index (χ3v) is 4.14. The summed E-state index contributed by atoms with van der Waals surface area (Å²) in [7, 11) is 0. The van der Waals surface area contributed by atoms with Crippen molar-refractivity contribution in [1.29, 1.82) is 0 Å². The van der Waals surface area contributed by atoms with Crippen LogP contribution in [0.5, 0.6) is 0 Å². The zero-order chi connectivity index (χ0) is 20.1. The molecule has 0 bridgehead atoms. The van der Waals surface area contributed by atoms with Crippen LogP contribution in [0.1, 0.15) is 47.9 Å². The fourth-order valence-corrected chi connectivity index (χ4v) is 2.45. The number of nitrogens with zero attached hydrogens (tertiary/aromatic N) is 1. The summed E-state index contributed by atoms with van der Waals surface area (Å²) in [5, 5.41) is 4.56. The summed E-state index contributed by atoms with van der Waals surface area (Å²) in [6, 6.07) is 4.21. The van der Waals surface area contributed by atoms with Crippen LogP contribution in [-0.4, -0.2) is 53.3 Å². The second-order valence-electron chi connectivity index (χ2n) is 6.14. The first-order chi connectivity index (χ1) is 12.8. The Morgan fingerprint density at radius 3 is 2.15 bits per heavy atom. The molecule has 1 heterocycles. The fraction of sp³-hybridized carbons (Fsp3) is 0.389. The number of hydrogen-bond acceptors (Lipinski definition) is 6. The maximum Gasteiger partial charge on any atom is 0.329 e. The molecule has 1 aromatic rings. The van der Waals surface area contributed by atoms with Gasteiger partial charge in [0.15, 0.2) is 6.61 Å². The van der Waals surface area contributed by atoms with E-state index in [1.807, 2.05) is 12.2 Å². The molecule has 1 aromatic carbocycles. The predicted molar refractivity (Wildman–Crippen MR) is 93.8 cm³/mol. The smallest absolute Gasteiger partial charge is 0.329 e. The summed E-state index contributed by atoms with van der Waals surface area (Å²) in [5.74, 6) is -2.95. The molecule has 0 spiro atoms. The molecule has 0 aliphatic carbocycles. The molecule has 9 nitrogen and oxygen atoms in total. The van der Waals surface area contributed by atoms with Crippen LogP contribution in [0.3, 0.4) is 0 Å². The van der Waals surface area contributed by atoms with E-state index in [1.165, 1.54) is 19.1 Å². The van der Waals surface area contributed by atoms with Crippen LogP contribution in [0, 0.1) is 0 Å². The zero-order valence-corrected chi connectivity index (χ0v) is 15.3. The van der Waals surface area contributed by atoms with E-state index in [0.717, 1.165) is 4.90 Å². The maximum absolute atomic E-state index is 12.3. The van der Waals surface area contributed by atoms with Gasteiger partial charge in [0.25, 0.3) is 17.7 Å². The van der Waals surface area contributed by atoms with Gasteiger partial charge in [0.05, 0.1) is 11.1 Å². The molecular formula is C18H21N3O6. The molecule has 1 aliphatic rings. The first-order valence-corrected chi connectivity index (χ1v) is 8.50. The van der Waals surface area contributed by atoms with Gasteiger partial charge in [-0.05, 0) is 32.4 Å². The monoisotopic (exact) mass is 375 g/mol. The molecule has 0 fully saturated rings. The van der Waals surface area contributed by atoms with E-state index in [-0.39, 0.29) is 17.2 Å². The van der Waals surface area contributed by atoms with Gasteiger partial charge in [0.2, 0.25) is 0 Å². The Morgan fingerprint density at radius 1 is 1.07 bits per heavy atom. The molecule has 5 amide bonds. The van der Waals surface area contributed by atoms with Crippen molar-refractivity contribution in [3.8, 4) is 0 Å². The standard InChI is InChI=1S/C18H21N3O6/c1-4-10(2)19-18(26)20-14(22)9-27-17(25)11(3)21-15(23)12-7-5-6-8-13(12)16(21)24/h5-8,10-11H,4,9H2,1-3H3,(H2,19,20,22,26)/t10-,11+/m1/s1. The highest BCUT2D eigenvalue weighted by Crippen LogP contribution is 2.24. The van der Waals surface area contributed by atoms with Crippen molar-refractivity contribution < 1.29 is 28.7 Å². The summed E-state index contributed by atoms with van der Waals surface area (Å²) in [5.41, 5.74) is 0.420. The number of amides is 5. The molecule has 0 saturated carbocycles. The minimum absolute atomic E-state index is 0.116. The molecule has 2 atom stereocenters. The number of urea groups is 1. The number of fused-ring (bicyclic) bond motifs is 1. The number of ether oxygens (including phenoxy) is 1. The Hall–Kier alpha value is -3.23. The van der Waals surface area contributed by atoms with Crippen LogP contribution in [-0.2, 0) is 14.3 Å². The van der Waals surface area contributed by atoms with Gasteiger partial charge >= 0.3 is 12.0 Å². The van der Waals surface area contributed by atoms with Crippen LogP contribution in [0.25, 0.3) is 0 Å². The third kappa shape index (κ3) is 4.49. The SMILES string of the molecule is CC[C@@H](C)NC(=O)NC(=O)COC(=O)[C@H](C)N1C(=O)c2ccccc2C1=O. The largest absolute Gasteiger partial charge is 0.454 e. The van der Waals surface area contributed by atoms with Crippen LogP contribution < -0.4 is 10.6 Å². The molecular weight excluding hydrogens is 354 g/mol. The van der Waals surface area contributed by atoms with Crippen molar-refractivity contribution in [3.63, 3.8) is 0 Å². The molecule has 27 heavy (non-hydrogen) atoms. The summed E-state index contributed by atoms with van der Waals surface area (Å²) in [4.78, 5) is 60.8. The van der Waals surface area contributed by atoms with E-state index in [4.69, 9.17) is 4.74 Å². The summed E-state index contributed by atoms with van der Waals surface area (Å²) in [6.45, 7) is 4.26. The normalized spacial score (nSPS) is 15.0. The Kier molecular flexibility index (Phi) is 6.27. The Balaban J connectivity index is 1.90. The van der Waals surface area contributed by atoms with Crippen molar-refractivity contribution in [3.05, 3.63) is 35.4 Å². The first-order valence-electron chi connectivity index (χ1n) is 8.50. The average molecular weight is 375 g/mol. The van der Waals surface area contributed by atoms with Crippen LogP contribution >= 0.6 is 0 Å². The fourth-order valence-electron chi connectivity index (χ4n) is 2.45. The van der Waals surface area contributed by atoms with Gasteiger partial charge in [0.1, 0.15) is 6.04 Å². The van der Waals surface area contributed by atoms with E-state index < -0.39 is 42.4 Å². The molecule has 0 unspecified atom stereocenters.